The lowest BCUT2D eigenvalue weighted by atomic mass is 9.91. The van der Waals surface area contributed by atoms with Crippen molar-refractivity contribution in [3.8, 4) is 11.5 Å². The van der Waals surface area contributed by atoms with E-state index in [1.807, 2.05) is 6.92 Å². The number of carbonyl (C=O) groups is 2. The van der Waals surface area contributed by atoms with E-state index >= 15 is 0 Å². The number of hydrogen-bond donors (Lipinski definition) is 1. The largest absolute Gasteiger partial charge is 0.463 e. The Balaban J connectivity index is 1.52. The van der Waals surface area contributed by atoms with Gasteiger partial charge in [0.1, 0.15) is 16.9 Å². The molecule has 0 bridgehead atoms. The number of furan rings is 1. The minimum atomic E-state index is -1.16. The van der Waals surface area contributed by atoms with E-state index in [1.165, 1.54) is 19.3 Å². The Morgan fingerprint density at radius 1 is 1.12 bits per heavy atom. The first-order valence-electron chi connectivity index (χ1n) is 12.0. The number of carbonyl (C=O) groups excluding carboxylic acids is 2. The molecular formula is C26H29ClN4O3. The Hall–Kier alpha value is -3.06. The van der Waals surface area contributed by atoms with Crippen molar-refractivity contribution in [1.82, 2.24) is 15.1 Å². The summed E-state index contributed by atoms with van der Waals surface area (Å²) in [7, 11) is 0. The molecule has 7 nitrogen and oxygen atoms in total. The van der Waals surface area contributed by atoms with Gasteiger partial charge >= 0.3 is 0 Å². The van der Waals surface area contributed by atoms with Crippen molar-refractivity contribution < 1.29 is 14.0 Å². The first kappa shape index (κ1) is 22.7. The highest BCUT2D eigenvalue weighted by molar-refractivity contribution is 6.30. The SMILES string of the molecule is C[C@@]1(C(=O)NC2CCCCCCC2)Cn2nc(-c3ccco3)cc2C(=O)N1c1ccc(Cl)cc1. The molecule has 0 spiro atoms. The number of hydrogen-bond acceptors (Lipinski definition) is 4. The Morgan fingerprint density at radius 2 is 1.82 bits per heavy atom. The molecule has 1 N–H and O–H groups in total. The van der Waals surface area contributed by atoms with Gasteiger partial charge in [0, 0.05) is 22.8 Å². The van der Waals surface area contributed by atoms with Crippen molar-refractivity contribution in [3.63, 3.8) is 0 Å². The Labute approximate surface area is 204 Å². The molecule has 0 saturated heterocycles. The van der Waals surface area contributed by atoms with E-state index in [1.54, 1.807) is 58.3 Å². The van der Waals surface area contributed by atoms with Gasteiger partial charge in [0.05, 0.1) is 12.8 Å². The summed E-state index contributed by atoms with van der Waals surface area (Å²) in [6.45, 7) is 2.05. The van der Waals surface area contributed by atoms with Gasteiger partial charge in [-0.05, 0) is 56.2 Å². The van der Waals surface area contributed by atoms with Crippen LogP contribution < -0.4 is 10.2 Å². The summed E-state index contributed by atoms with van der Waals surface area (Å²) >= 11 is 6.11. The predicted molar refractivity (Wildman–Crippen MR) is 131 cm³/mol. The number of nitrogens with zero attached hydrogens (tertiary/aromatic N) is 3. The quantitative estimate of drug-likeness (QED) is 0.538. The van der Waals surface area contributed by atoms with Gasteiger partial charge in [0.2, 0.25) is 5.91 Å². The third-order valence-corrected chi connectivity index (χ3v) is 7.19. The van der Waals surface area contributed by atoms with E-state index in [9.17, 15) is 9.59 Å². The fraction of sp³-hybridized carbons (Fsp3) is 0.423. The third-order valence-electron chi connectivity index (χ3n) is 6.94. The number of rotatable bonds is 4. The van der Waals surface area contributed by atoms with E-state index < -0.39 is 5.54 Å². The van der Waals surface area contributed by atoms with Gasteiger partial charge in [-0.3, -0.25) is 19.2 Å². The summed E-state index contributed by atoms with van der Waals surface area (Å²) < 4.78 is 7.11. The summed E-state index contributed by atoms with van der Waals surface area (Å²) in [5.41, 5.74) is 0.440. The molecule has 2 amide bonds. The first-order valence-corrected chi connectivity index (χ1v) is 12.4. The number of fused-ring (bicyclic) bond motifs is 1. The summed E-state index contributed by atoms with van der Waals surface area (Å²) in [6.07, 6.45) is 9.38. The smallest absolute Gasteiger partial charge is 0.277 e. The molecular weight excluding hydrogens is 452 g/mol. The average molecular weight is 481 g/mol. The van der Waals surface area contributed by atoms with Gasteiger partial charge in [-0.25, -0.2) is 0 Å². The third kappa shape index (κ3) is 4.25. The second-order valence-corrected chi connectivity index (χ2v) is 9.89. The molecule has 1 aromatic carbocycles. The number of nitrogens with one attached hydrogen (secondary N) is 1. The summed E-state index contributed by atoms with van der Waals surface area (Å²) in [6, 6.07) is 12.4. The maximum Gasteiger partial charge on any atom is 0.277 e. The lowest BCUT2D eigenvalue weighted by molar-refractivity contribution is -0.127. The van der Waals surface area contributed by atoms with Crippen molar-refractivity contribution in [2.75, 3.05) is 4.90 Å². The molecule has 0 radical (unpaired) electrons. The maximum absolute atomic E-state index is 13.8. The van der Waals surface area contributed by atoms with Crippen LogP contribution in [0, 0.1) is 0 Å². The molecule has 178 valence electrons. The molecule has 3 aromatic rings. The van der Waals surface area contributed by atoms with Crippen LogP contribution in [0.5, 0.6) is 0 Å². The highest BCUT2D eigenvalue weighted by atomic mass is 35.5. The fourth-order valence-electron chi connectivity index (χ4n) is 5.06. The van der Waals surface area contributed by atoms with Gasteiger partial charge in [0.15, 0.2) is 5.76 Å². The van der Waals surface area contributed by atoms with Gasteiger partial charge in [-0.1, -0.05) is 43.7 Å². The molecule has 5 rings (SSSR count). The van der Waals surface area contributed by atoms with E-state index in [0.29, 0.717) is 27.9 Å². The molecule has 1 fully saturated rings. The molecule has 3 heterocycles. The first-order chi connectivity index (χ1) is 16.5. The van der Waals surface area contributed by atoms with E-state index in [0.717, 1.165) is 25.7 Å². The molecule has 0 unspecified atom stereocenters. The van der Waals surface area contributed by atoms with Crippen molar-refractivity contribution in [2.45, 2.75) is 70.0 Å². The number of halogens is 1. The lowest BCUT2D eigenvalue weighted by Crippen LogP contribution is -2.65. The predicted octanol–water partition coefficient (Wildman–Crippen LogP) is 5.44. The van der Waals surface area contributed by atoms with Gasteiger partial charge in [-0.2, -0.15) is 5.10 Å². The van der Waals surface area contributed by atoms with Crippen LogP contribution >= 0.6 is 11.6 Å². The average Bonchev–Trinajstić information content (AvgIpc) is 3.47. The topological polar surface area (TPSA) is 80.4 Å². The summed E-state index contributed by atoms with van der Waals surface area (Å²) in [4.78, 5) is 29.2. The minimum absolute atomic E-state index is 0.115. The molecule has 1 saturated carbocycles. The van der Waals surface area contributed by atoms with Gasteiger partial charge < -0.3 is 9.73 Å². The Kier molecular flexibility index (Phi) is 6.21. The second-order valence-electron chi connectivity index (χ2n) is 9.46. The van der Waals surface area contributed by atoms with Crippen LogP contribution in [0.15, 0.2) is 53.1 Å². The molecule has 2 aromatic heterocycles. The van der Waals surface area contributed by atoms with Crippen LogP contribution in [-0.2, 0) is 11.3 Å². The standard InChI is InChI=1S/C26H29ClN4O3/c1-26(25(33)28-19-8-5-3-2-4-6-9-19)17-30-22(16-21(29-30)23-10-7-15-34-23)24(32)31(26)20-13-11-18(27)12-14-20/h7,10-16,19H,2-6,8-9,17H2,1H3,(H,28,33)/t26-/m0/s1. The number of benzene rings is 1. The van der Waals surface area contributed by atoms with E-state index in [4.69, 9.17) is 16.0 Å². The summed E-state index contributed by atoms with van der Waals surface area (Å²) in [5.74, 6) is 0.129. The second kappa shape index (κ2) is 9.29. The number of amides is 2. The Bertz CT molecular complexity index is 1160. The zero-order valence-corrected chi connectivity index (χ0v) is 20.1. The van der Waals surface area contributed by atoms with Crippen LogP contribution in [-0.4, -0.2) is 33.2 Å². The van der Waals surface area contributed by atoms with Crippen molar-refractivity contribution >= 4 is 29.1 Å². The fourth-order valence-corrected chi connectivity index (χ4v) is 5.19. The zero-order chi connectivity index (χ0) is 23.7. The maximum atomic E-state index is 13.8. The molecule has 8 heteroatoms. The number of anilines is 1. The number of aromatic nitrogens is 2. The lowest BCUT2D eigenvalue weighted by Gasteiger charge is -2.43. The highest BCUT2D eigenvalue weighted by Gasteiger charge is 2.49. The monoisotopic (exact) mass is 480 g/mol. The van der Waals surface area contributed by atoms with Crippen molar-refractivity contribution in [3.05, 3.63) is 59.4 Å². The molecule has 1 aliphatic heterocycles. The van der Waals surface area contributed by atoms with Crippen LogP contribution in [0.1, 0.15) is 62.4 Å². The normalized spacial score (nSPS) is 21.6. The van der Waals surface area contributed by atoms with Gasteiger partial charge in [-0.15, -0.1) is 0 Å². The molecule has 1 aliphatic carbocycles. The Morgan fingerprint density at radius 3 is 2.50 bits per heavy atom. The van der Waals surface area contributed by atoms with Crippen molar-refractivity contribution in [2.24, 2.45) is 0 Å². The highest BCUT2D eigenvalue weighted by Crippen LogP contribution is 2.35. The minimum Gasteiger partial charge on any atom is -0.463 e. The zero-order valence-electron chi connectivity index (χ0n) is 19.3. The van der Waals surface area contributed by atoms with Crippen LogP contribution in [0.3, 0.4) is 0 Å². The van der Waals surface area contributed by atoms with Gasteiger partial charge in [0.25, 0.3) is 5.91 Å². The van der Waals surface area contributed by atoms with E-state index in [2.05, 4.69) is 10.4 Å². The molecule has 2 aliphatic rings. The summed E-state index contributed by atoms with van der Waals surface area (Å²) in [5, 5.41) is 8.46. The van der Waals surface area contributed by atoms with Crippen molar-refractivity contribution in [1.29, 1.82) is 0 Å². The van der Waals surface area contributed by atoms with E-state index in [-0.39, 0.29) is 24.4 Å². The van der Waals surface area contributed by atoms with Crippen LogP contribution in [0.4, 0.5) is 5.69 Å². The van der Waals surface area contributed by atoms with Crippen LogP contribution in [0.25, 0.3) is 11.5 Å². The molecule has 1 atom stereocenters. The molecule has 34 heavy (non-hydrogen) atoms. The van der Waals surface area contributed by atoms with Crippen LogP contribution in [0.2, 0.25) is 5.02 Å².